The molecule has 2 unspecified atom stereocenters. The van der Waals surface area contributed by atoms with Crippen molar-refractivity contribution >= 4 is 45.4 Å². The molecule has 0 saturated carbocycles. The van der Waals surface area contributed by atoms with Crippen LogP contribution in [0.1, 0.15) is 47.2 Å². The maximum absolute atomic E-state index is 10.7. The number of hydrogen-bond donors (Lipinski definition) is 0. The molecule has 0 N–H and O–H groups in total. The molecule has 50 heavy (non-hydrogen) atoms. The Morgan fingerprint density at radius 2 is 1.00 bits per heavy atom. The van der Waals surface area contributed by atoms with Crippen LogP contribution in [0.15, 0.2) is 181 Å². The second kappa shape index (κ2) is 11.5. The van der Waals surface area contributed by atoms with Gasteiger partial charge in [0.25, 0.3) is 0 Å². The van der Waals surface area contributed by atoms with Crippen molar-refractivity contribution in [1.82, 2.24) is 19.5 Å². The molecular weight excluding hydrogens is 625 g/mol. The average molecular weight is 687 g/mol. The highest BCUT2D eigenvalue weighted by molar-refractivity contribution is 7.14. The molecule has 0 bridgehead atoms. The second-order valence-corrected chi connectivity index (χ2v) is 14.6. The summed E-state index contributed by atoms with van der Waals surface area (Å²) in [5.41, 5.74) is -6.13. The fourth-order valence-corrected chi connectivity index (χ4v) is 11.2. The molecule has 2 aliphatic rings. The summed E-state index contributed by atoms with van der Waals surface area (Å²) in [7, 11) is -6.10. The Morgan fingerprint density at radius 1 is 0.500 bits per heavy atom. The van der Waals surface area contributed by atoms with E-state index >= 15 is 0 Å². The van der Waals surface area contributed by atoms with Crippen molar-refractivity contribution in [3.05, 3.63) is 181 Å². The summed E-state index contributed by atoms with van der Waals surface area (Å²) < 4.78 is 275. The Kier molecular flexibility index (Phi) is 2.69. The zero-order valence-corrected chi connectivity index (χ0v) is 25.9. The van der Waals surface area contributed by atoms with Gasteiger partial charge in [0, 0.05) is 44.0 Å². The van der Waals surface area contributed by atoms with Gasteiger partial charge in [0.1, 0.15) is 0 Å². The van der Waals surface area contributed by atoms with Crippen LogP contribution >= 0.6 is 0 Å². The minimum Gasteiger partial charge on any atom is -0.333 e. The summed E-state index contributed by atoms with van der Waals surface area (Å²) >= 11 is 0. The molecule has 2 atom stereocenters. The lowest BCUT2D eigenvalue weighted by Gasteiger charge is -2.47. The van der Waals surface area contributed by atoms with Crippen molar-refractivity contribution < 1.29 is 41.1 Å². The summed E-state index contributed by atoms with van der Waals surface area (Å²) in [6, 6.07) is -32.8. The monoisotopic (exact) mass is 686 g/mol. The van der Waals surface area contributed by atoms with Gasteiger partial charge in [0.05, 0.1) is 47.2 Å². The van der Waals surface area contributed by atoms with Gasteiger partial charge in [-0.1, -0.05) is 163 Å². The van der Waals surface area contributed by atoms with E-state index in [4.69, 9.17) is 26.0 Å². The number of hydrogen-bond acceptors (Lipinski definition) is 3. The first-order valence-electron chi connectivity index (χ1n) is 29.7. The molecule has 6 aromatic carbocycles. The van der Waals surface area contributed by atoms with Crippen LogP contribution in [0.3, 0.4) is 0 Å². The molecule has 0 saturated heterocycles. The van der Waals surface area contributed by atoms with Gasteiger partial charge < -0.3 is 4.57 Å². The molecule has 0 amide bonds. The van der Waals surface area contributed by atoms with Crippen molar-refractivity contribution in [1.29, 1.82) is 0 Å². The quantitative estimate of drug-likeness (QED) is 0.171. The number of aromatic nitrogens is 4. The minimum absolute atomic E-state index is 0.605. The first kappa shape index (κ1) is 11.7. The fraction of sp³-hybridized carbons (Fsp3) is 0.0444. The summed E-state index contributed by atoms with van der Waals surface area (Å²) in [6.45, 7) is 0. The van der Waals surface area contributed by atoms with Gasteiger partial charge in [-0.15, -0.1) is 0 Å². The normalized spacial score (nSPS) is 26.4. The highest BCUT2D eigenvalue weighted by Crippen LogP contribution is 2.47. The summed E-state index contributed by atoms with van der Waals surface area (Å²) in [5, 5.41) is -4.00. The number of allylic oxidation sites excluding steroid dienone is 4. The highest BCUT2D eigenvalue weighted by Gasteiger charge is 2.53. The minimum atomic E-state index is -6.10. The summed E-state index contributed by atoms with van der Waals surface area (Å²) in [4.78, 5) is 13.1. The van der Waals surface area contributed by atoms with Crippen LogP contribution in [-0.4, -0.2) is 27.6 Å². The summed E-state index contributed by atoms with van der Waals surface area (Å²) in [6.07, 6.45) is 0. The Bertz CT molecular complexity index is 4070. The zero-order chi connectivity index (χ0) is 59.2. The van der Waals surface area contributed by atoms with Crippen LogP contribution in [0.25, 0.3) is 56.0 Å². The van der Waals surface area contributed by atoms with E-state index in [2.05, 4.69) is 15.0 Å². The van der Waals surface area contributed by atoms with Crippen LogP contribution in [0.5, 0.6) is 0 Å². The van der Waals surface area contributed by atoms with Crippen LogP contribution in [0, 0.1) is 0 Å². The third kappa shape index (κ3) is 4.27. The molecule has 4 nitrogen and oxygen atoms in total. The van der Waals surface area contributed by atoms with E-state index in [1.54, 1.807) is 0 Å². The Balaban J connectivity index is 1.60. The van der Waals surface area contributed by atoms with Gasteiger partial charge in [-0.25, -0.2) is 15.0 Å². The molecule has 2 aromatic heterocycles. The first-order chi connectivity index (χ1) is 37.3. The second-order valence-electron chi connectivity index (χ2n) is 10.9. The number of benzene rings is 6. The van der Waals surface area contributed by atoms with E-state index in [1.165, 1.54) is 0 Å². The standard InChI is InChI=1S/C45H32N4Si/c1-5-17-31(18-6-1)43-46-44(32-19-7-2-8-20-32)48-45(47-43)33-29-37-36-25-13-14-26-38(36)49-39-27-15-16-28-40(39)50(41(30-33)42(37)49,34-21-9-3-10-22-34)35-23-11-4-12-24-35/h1-30,39-40H/i1D,2D,3D,4D,5D,6D,7D,8D,9D,10D,11D,12D,13D,14D,15D,16D,17D,18D,19D,20D,21D,22D,23D,24D,25D,26D,27D,28D,29D,30D. The molecule has 8 aromatic rings. The number of fused-ring (bicyclic) bond motifs is 5. The van der Waals surface area contributed by atoms with Crippen LogP contribution in [0.4, 0.5) is 0 Å². The molecule has 236 valence electrons. The van der Waals surface area contributed by atoms with Gasteiger partial charge in [0.2, 0.25) is 0 Å². The van der Waals surface area contributed by atoms with E-state index in [1.807, 2.05) is 0 Å². The molecule has 3 heterocycles. The van der Waals surface area contributed by atoms with E-state index in [0.717, 1.165) is 4.57 Å². The molecule has 1 aliphatic carbocycles. The lowest BCUT2D eigenvalue weighted by Crippen LogP contribution is -2.72. The average Bonchev–Trinajstić information content (AvgIpc) is 3.91. The van der Waals surface area contributed by atoms with E-state index < -0.39 is 272 Å². The van der Waals surface area contributed by atoms with Gasteiger partial charge in [0.15, 0.2) is 25.5 Å². The van der Waals surface area contributed by atoms with E-state index in [9.17, 15) is 15.1 Å². The van der Waals surface area contributed by atoms with Crippen molar-refractivity contribution in [3.8, 4) is 34.2 Å². The lowest BCUT2D eigenvalue weighted by molar-refractivity contribution is 0.631. The van der Waals surface area contributed by atoms with Crippen molar-refractivity contribution in [3.63, 3.8) is 0 Å². The van der Waals surface area contributed by atoms with Gasteiger partial charge >= 0.3 is 0 Å². The SMILES string of the molecule is [2H]C1=C([2H])C2C(C([2H])=C1[2H])[Si](c1c([2H])c([2H])c([2H])c([2H])c1[2H])(c1c([2H])c([2H])c([2H])c([2H])c1[2H])c1c([2H])c(-c3nc(-c4c([2H])c([2H])c([2H])c([2H])c4[2H])nc(-c4c([2H])c([2H])c([2H])c([2H])c4[2H])n3)c([2H])c3c4c([2H])c([2H])c([2H])c([2H])c4n2c13. The van der Waals surface area contributed by atoms with Crippen LogP contribution < -0.4 is 15.6 Å². The maximum Gasteiger partial charge on any atom is 0.164 e. The summed E-state index contributed by atoms with van der Waals surface area (Å²) in [5.74, 6) is -2.88. The molecule has 1 aliphatic heterocycles. The third-order valence-electron chi connectivity index (χ3n) is 8.43. The molecular formula is C45H32N4Si. The molecule has 0 fully saturated rings. The zero-order valence-electron chi connectivity index (χ0n) is 54.9. The Labute approximate surface area is 333 Å². The van der Waals surface area contributed by atoms with E-state index in [-0.39, 0.29) is 0 Å². The van der Waals surface area contributed by atoms with Crippen molar-refractivity contribution in [2.75, 3.05) is 0 Å². The number of nitrogens with zero attached hydrogens (tertiary/aromatic N) is 4. The smallest absolute Gasteiger partial charge is 0.164 e. The maximum atomic E-state index is 10.7. The van der Waals surface area contributed by atoms with Crippen LogP contribution in [-0.2, 0) is 0 Å². The van der Waals surface area contributed by atoms with E-state index in [0.29, 0.717) is 0 Å². The molecule has 0 radical (unpaired) electrons. The van der Waals surface area contributed by atoms with Crippen molar-refractivity contribution in [2.45, 2.75) is 11.6 Å². The highest BCUT2D eigenvalue weighted by atomic mass is 28.3. The van der Waals surface area contributed by atoms with Crippen LogP contribution in [0.2, 0.25) is 5.54 Å². The van der Waals surface area contributed by atoms with Gasteiger partial charge in [-0.05, 0) is 33.7 Å². The number of para-hydroxylation sites is 1. The third-order valence-corrected chi connectivity index (χ3v) is 13.1. The predicted molar refractivity (Wildman–Crippen MR) is 208 cm³/mol. The molecule has 5 heteroatoms. The number of rotatable bonds is 5. The van der Waals surface area contributed by atoms with Crippen molar-refractivity contribution in [2.24, 2.45) is 0 Å². The lowest BCUT2D eigenvalue weighted by atomic mass is 10.1. The first-order valence-corrected chi connectivity index (χ1v) is 16.8. The molecule has 0 spiro atoms. The Morgan fingerprint density at radius 3 is 1.60 bits per heavy atom. The molecule has 10 rings (SSSR count). The fourth-order valence-electron chi connectivity index (χ4n) is 6.52. The topological polar surface area (TPSA) is 43.6 Å². The Hall–Kier alpha value is -6.17. The van der Waals surface area contributed by atoms with Gasteiger partial charge in [-0.3, -0.25) is 0 Å². The van der Waals surface area contributed by atoms with Gasteiger partial charge in [-0.2, -0.15) is 0 Å². The largest absolute Gasteiger partial charge is 0.333 e. The predicted octanol–water partition coefficient (Wildman–Crippen LogP) is 8.50.